The number of aromatic nitrogens is 1. The Balaban J connectivity index is 1.59. The minimum Gasteiger partial charge on any atom is -0.379 e. The minimum absolute atomic E-state index is 0.111. The summed E-state index contributed by atoms with van der Waals surface area (Å²) in [4.78, 5) is 31.7. The van der Waals surface area contributed by atoms with Gasteiger partial charge in [-0.25, -0.2) is 13.4 Å². The van der Waals surface area contributed by atoms with Crippen LogP contribution in [0.25, 0.3) is 0 Å². The van der Waals surface area contributed by atoms with E-state index in [1.165, 1.54) is 17.4 Å². The topological polar surface area (TPSA) is 112 Å². The summed E-state index contributed by atoms with van der Waals surface area (Å²) in [6.45, 7) is 6.73. The van der Waals surface area contributed by atoms with Crippen LogP contribution < -0.4 is 10.2 Å². The van der Waals surface area contributed by atoms with Gasteiger partial charge in [-0.05, 0) is 19.1 Å². The van der Waals surface area contributed by atoms with Crippen LogP contribution in [0, 0.1) is 0 Å². The molecule has 11 heteroatoms. The van der Waals surface area contributed by atoms with E-state index in [-0.39, 0.29) is 16.7 Å². The Morgan fingerprint density at radius 2 is 1.76 bits per heavy atom. The molecule has 1 aromatic heterocycles. The maximum Gasteiger partial charge on any atom is 0.244 e. The standard InChI is InChI=1S/C18H27N5O5S/c1-14(20-15(2)24)18(25)22-7-5-21(6-8-22)17-4-3-16(13-19-17)29(26,27)23-9-11-28-12-10-23/h3-4,13-14H,5-12H2,1-2H3,(H,20,24). The lowest BCUT2D eigenvalue weighted by molar-refractivity contribution is -0.135. The van der Waals surface area contributed by atoms with E-state index in [0.29, 0.717) is 58.3 Å². The highest BCUT2D eigenvalue weighted by molar-refractivity contribution is 7.89. The van der Waals surface area contributed by atoms with Crippen LogP contribution in [-0.2, 0) is 24.3 Å². The molecule has 2 amide bonds. The Kier molecular flexibility index (Phi) is 6.70. The third kappa shape index (κ3) is 5.03. The highest BCUT2D eigenvalue weighted by atomic mass is 32.2. The number of pyridine rings is 1. The van der Waals surface area contributed by atoms with Gasteiger partial charge in [0.05, 0.1) is 13.2 Å². The van der Waals surface area contributed by atoms with Gasteiger partial charge in [-0.1, -0.05) is 0 Å². The first-order valence-corrected chi connectivity index (χ1v) is 11.1. The minimum atomic E-state index is -3.56. The molecule has 2 saturated heterocycles. The molecule has 1 atom stereocenters. The Morgan fingerprint density at radius 1 is 1.10 bits per heavy atom. The number of nitrogens with zero attached hydrogens (tertiary/aromatic N) is 4. The molecular formula is C18H27N5O5S. The summed E-state index contributed by atoms with van der Waals surface area (Å²) in [5, 5.41) is 2.61. The van der Waals surface area contributed by atoms with Crippen LogP contribution in [0.2, 0.25) is 0 Å². The number of amides is 2. The predicted molar refractivity (Wildman–Crippen MR) is 106 cm³/mol. The summed E-state index contributed by atoms with van der Waals surface area (Å²) in [5.74, 6) is 0.327. The number of nitrogens with one attached hydrogen (secondary N) is 1. The van der Waals surface area contributed by atoms with Crippen molar-refractivity contribution < 1.29 is 22.7 Å². The summed E-state index contributed by atoms with van der Waals surface area (Å²) >= 11 is 0. The van der Waals surface area contributed by atoms with Gasteiger partial charge in [0.25, 0.3) is 0 Å². The van der Waals surface area contributed by atoms with Crippen LogP contribution in [0.4, 0.5) is 5.82 Å². The third-order valence-electron chi connectivity index (χ3n) is 5.03. The van der Waals surface area contributed by atoms with Crippen LogP contribution in [0.3, 0.4) is 0 Å². The van der Waals surface area contributed by atoms with Crippen molar-refractivity contribution in [1.29, 1.82) is 0 Å². The summed E-state index contributed by atoms with van der Waals surface area (Å²) in [7, 11) is -3.56. The van der Waals surface area contributed by atoms with Gasteiger partial charge in [0.2, 0.25) is 21.8 Å². The van der Waals surface area contributed by atoms with Gasteiger partial charge >= 0.3 is 0 Å². The number of hydrogen-bond donors (Lipinski definition) is 1. The van der Waals surface area contributed by atoms with Crippen molar-refractivity contribution in [3.8, 4) is 0 Å². The number of morpholine rings is 1. The molecule has 2 aliphatic rings. The molecule has 0 aliphatic carbocycles. The van der Waals surface area contributed by atoms with Crippen molar-refractivity contribution in [3.63, 3.8) is 0 Å². The molecule has 3 rings (SSSR count). The Labute approximate surface area is 170 Å². The van der Waals surface area contributed by atoms with E-state index >= 15 is 0 Å². The van der Waals surface area contributed by atoms with Gasteiger partial charge in [0, 0.05) is 52.4 Å². The monoisotopic (exact) mass is 425 g/mol. The highest BCUT2D eigenvalue weighted by Gasteiger charge is 2.28. The summed E-state index contributed by atoms with van der Waals surface area (Å²) in [5.41, 5.74) is 0. The van der Waals surface area contributed by atoms with Crippen molar-refractivity contribution in [3.05, 3.63) is 18.3 Å². The molecule has 0 saturated carbocycles. The van der Waals surface area contributed by atoms with Crippen LogP contribution >= 0.6 is 0 Å². The first kappa shape index (κ1) is 21.5. The van der Waals surface area contributed by atoms with Crippen molar-refractivity contribution in [2.45, 2.75) is 24.8 Å². The quantitative estimate of drug-likeness (QED) is 0.662. The predicted octanol–water partition coefficient (Wildman–Crippen LogP) is -0.724. The van der Waals surface area contributed by atoms with Crippen LogP contribution in [0.15, 0.2) is 23.2 Å². The highest BCUT2D eigenvalue weighted by Crippen LogP contribution is 2.20. The zero-order valence-corrected chi connectivity index (χ0v) is 17.5. The molecule has 0 bridgehead atoms. The maximum atomic E-state index is 12.7. The number of anilines is 1. The second-order valence-corrected chi connectivity index (χ2v) is 9.04. The number of carbonyl (C=O) groups excluding carboxylic acids is 2. The average molecular weight is 426 g/mol. The SMILES string of the molecule is CC(=O)NC(C)C(=O)N1CCN(c2ccc(S(=O)(=O)N3CCOCC3)cn2)CC1. The van der Waals surface area contributed by atoms with E-state index < -0.39 is 16.1 Å². The molecular weight excluding hydrogens is 398 g/mol. The van der Waals surface area contributed by atoms with Crippen LogP contribution in [-0.4, -0.2) is 92.9 Å². The van der Waals surface area contributed by atoms with E-state index in [1.54, 1.807) is 24.0 Å². The van der Waals surface area contributed by atoms with Gasteiger partial charge in [-0.2, -0.15) is 4.31 Å². The zero-order chi connectivity index (χ0) is 21.0. The number of ether oxygens (including phenoxy) is 1. The van der Waals surface area contributed by atoms with E-state index in [0.717, 1.165) is 0 Å². The molecule has 0 spiro atoms. The summed E-state index contributed by atoms with van der Waals surface area (Å²) < 4.78 is 32.0. The fourth-order valence-electron chi connectivity index (χ4n) is 3.44. The molecule has 2 aliphatic heterocycles. The maximum absolute atomic E-state index is 12.7. The zero-order valence-electron chi connectivity index (χ0n) is 16.7. The van der Waals surface area contributed by atoms with E-state index in [4.69, 9.17) is 4.74 Å². The van der Waals surface area contributed by atoms with Gasteiger partial charge in [-0.15, -0.1) is 0 Å². The molecule has 1 aromatic rings. The molecule has 29 heavy (non-hydrogen) atoms. The molecule has 160 valence electrons. The summed E-state index contributed by atoms with van der Waals surface area (Å²) in [6, 6.07) is 2.72. The molecule has 10 nitrogen and oxygen atoms in total. The number of carbonyl (C=O) groups is 2. The fraction of sp³-hybridized carbons (Fsp3) is 0.611. The van der Waals surface area contributed by atoms with Gasteiger partial charge < -0.3 is 19.9 Å². The van der Waals surface area contributed by atoms with Gasteiger partial charge in [0.1, 0.15) is 16.8 Å². The van der Waals surface area contributed by atoms with Gasteiger partial charge in [0.15, 0.2) is 0 Å². The molecule has 1 N–H and O–H groups in total. The second-order valence-electron chi connectivity index (χ2n) is 7.10. The molecule has 2 fully saturated rings. The lowest BCUT2D eigenvalue weighted by Crippen LogP contribution is -2.54. The average Bonchev–Trinajstić information content (AvgIpc) is 2.73. The molecule has 0 radical (unpaired) electrons. The lowest BCUT2D eigenvalue weighted by Gasteiger charge is -2.36. The van der Waals surface area contributed by atoms with Crippen molar-refractivity contribution in [2.24, 2.45) is 0 Å². The van der Waals surface area contributed by atoms with E-state index in [1.807, 2.05) is 4.90 Å². The third-order valence-corrected chi connectivity index (χ3v) is 6.92. The second kappa shape index (κ2) is 9.06. The Bertz CT molecular complexity index is 831. The number of hydrogen-bond acceptors (Lipinski definition) is 7. The smallest absolute Gasteiger partial charge is 0.244 e. The Morgan fingerprint density at radius 3 is 2.31 bits per heavy atom. The largest absolute Gasteiger partial charge is 0.379 e. The van der Waals surface area contributed by atoms with Crippen molar-refractivity contribution in [1.82, 2.24) is 19.5 Å². The van der Waals surface area contributed by atoms with E-state index in [2.05, 4.69) is 10.3 Å². The first-order chi connectivity index (χ1) is 13.8. The number of piperazine rings is 1. The van der Waals surface area contributed by atoms with Crippen LogP contribution in [0.5, 0.6) is 0 Å². The van der Waals surface area contributed by atoms with Crippen molar-refractivity contribution in [2.75, 3.05) is 57.4 Å². The van der Waals surface area contributed by atoms with Gasteiger partial charge in [-0.3, -0.25) is 9.59 Å². The van der Waals surface area contributed by atoms with Crippen molar-refractivity contribution >= 4 is 27.7 Å². The fourth-order valence-corrected chi connectivity index (χ4v) is 4.80. The molecule has 3 heterocycles. The first-order valence-electron chi connectivity index (χ1n) is 9.64. The molecule has 0 aromatic carbocycles. The number of sulfonamides is 1. The number of rotatable bonds is 5. The van der Waals surface area contributed by atoms with E-state index in [9.17, 15) is 18.0 Å². The van der Waals surface area contributed by atoms with Crippen LogP contribution in [0.1, 0.15) is 13.8 Å². The summed E-state index contributed by atoms with van der Waals surface area (Å²) in [6.07, 6.45) is 1.39. The lowest BCUT2D eigenvalue weighted by atomic mass is 10.2. The molecule has 1 unspecified atom stereocenters. The Hall–Kier alpha value is -2.24. The normalized spacial score (nSPS) is 19.7.